The maximum absolute atomic E-state index is 12.0. The van der Waals surface area contributed by atoms with Crippen LogP contribution < -0.4 is 10.6 Å². The first-order valence-electron chi connectivity index (χ1n) is 6.44. The Balaban J connectivity index is 2.39. The van der Waals surface area contributed by atoms with Crippen LogP contribution in [-0.2, 0) is 16.4 Å². The van der Waals surface area contributed by atoms with Gasteiger partial charge in [0.2, 0.25) is 0 Å². The summed E-state index contributed by atoms with van der Waals surface area (Å²) < 4.78 is 23.2. The summed E-state index contributed by atoms with van der Waals surface area (Å²) >= 11 is 1.64. The zero-order chi connectivity index (χ0) is 15.2. The van der Waals surface area contributed by atoms with Crippen LogP contribution in [0.1, 0.15) is 26.3 Å². The van der Waals surface area contributed by atoms with Crippen LogP contribution in [0, 0.1) is 0 Å². The number of sulfone groups is 1. The molecule has 0 atom stereocenters. The molecule has 5 nitrogen and oxygen atoms in total. The summed E-state index contributed by atoms with van der Waals surface area (Å²) in [5, 5.41) is 10.2. The number of guanidine groups is 1. The number of hydrogen-bond donors (Lipinski definition) is 2. The van der Waals surface area contributed by atoms with Crippen LogP contribution in [0.25, 0.3) is 0 Å². The quantitative estimate of drug-likeness (QED) is 0.639. The van der Waals surface area contributed by atoms with Crippen molar-refractivity contribution in [2.24, 2.45) is 4.99 Å². The Labute approximate surface area is 125 Å². The Morgan fingerprint density at radius 3 is 2.55 bits per heavy atom. The fourth-order valence-corrected chi connectivity index (χ4v) is 3.06. The Hall–Kier alpha value is -1.08. The molecule has 0 saturated carbocycles. The monoisotopic (exact) mass is 317 g/mol. The summed E-state index contributed by atoms with van der Waals surface area (Å²) in [5.74, 6) is 0.704. The van der Waals surface area contributed by atoms with Gasteiger partial charge in [0.25, 0.3) is 0 Å². The molecule has 0 unspecified atom stereocenters. The van der Waals surface area contributed by atoms with Gasteiger partial charge in [-0.1, -0.05) is 0 Å². The minimum Gasteiger partial charge on any atom is -0.355 e. The highest BCUT2D eigenvalue weighted by Gasteiger charge is 2.28. The molecule has 1 rings (SSSR count). The van der Waals surface area contributed by atoms with Gasteiger partial charge in [0.05, 0.1) is 10.5 Å². The number of hydrogen-bond acceptors (Lipinski definition) is 4. The minimum absolute atomic E-state index is 0.0929. The molecule has 0 amide bonds. The normalized spacial score (nSPS) is 13.3. The lowest BCUT2D eigenvalue weighted by atomic mass is 10.3. The molecule has 0 radical (unpaired) electrons. The topological polar surface area (TPSA) is 70.6 Å². The highest BCUT2D eigenvalue weighted by atomic mass is 32.2. The Bertz CT molecular complexity index is 528. The molecule has 0 fully saturated rings. The van der Waals surface area contributed by atoms with Gasteiger partial charge in [-0.3, -0.25) is 4.99 Å². The number of aliphatic imine (C=N–C) groups is 1. The van der Waals surface area contributed by atoms with Crippen molar-refractivity contribution in [3.8, 4) is 0 Å². The zero-order valence-corrected chi connectivity index (χ0v) is 14.1. The second-order valence-corrected chi connectivity index (χ2v) is 9.06. The molecule has 1 aromatic heterocycles. The predicted octanol–water partition coefficient (Wildman–Crippen LogP) is 1.63. The molecule has 0 spiro atoms. The van der Waals surface area contributed by atoms with E-state index in [1.54, 1.807) is 39.2 Å². The maximum Gasteiger partial charge on any atom is 0.191 e. The van der Waals surface area contributed by atoms with Crippen molar-refractivity contribution >= 4 is 27.1 Å². The summed E-state index contributed by atoms with van der Waals surface area (Å²) in [4.78, 5) is 4.07. The van der Waals surface area contributed by atoms with Crippen LogP contribution in [0.4, 0.5) is 0 Å². The Morgan fingerprint density at radius 2 is 2.05 bits per heavy atom. The highest BCUT2D eigenvalue weighted by Crippen LogP contribution is 2.15. The van der Waals surface area contributed by atoms with Crippen molar-refractivity contribution in [1.82, 2.24) is 10.6 Å². The van der Waals surface area contributed by atoms with Gasteiger partial charge in [-0.15, -0.1) is 0 Å². The molecule has 0 aliphatic heterocycles. The average Bonchev–Trinajstić information content (AvgIpc) is 2.85. The lowest BCUT2D eigenvalue weighted by Crippen LogP contribution is -2.41. The van der Waals surface area contributed by atoms with E-state index in [0.717, 1.165) is 0 Å². The molecule has 0 bridgehead atoms. The van der Waals surface area contributed by atoms with Crippen LogP contribution in [-0.4, -0.2) is 38.5 Å². The van der Waals surface area contributed by atoms with Crippen molar-refractivity contribution in [3.05, 3.63) is 22.4 Å². The van der Waals surface area contributed by atoms with E-state index in [0.29, 0.717) is 19.0 Å². The lowest BCUT2D eigenvalue weighted by molar-refractivity contribution is 0.559. The van der Waals surface area contributed by atoms with Crippen molar-refractivity contribution < 1.29 is 8.42 Å². The number of nitrogens with one attached hydrogen (secondary N) is 2. The van der Waals surface area contributed by atoms with Gasteiger partial charge < -0.3 is 10.6 Å². The second-order valence-electron chi connectivity index (χ2n) is 5.42. The molecule has 20 heavy (non-hydrogen) atoms. The summed E-state index contributed by atoms with van der Waals surface area (Å²) in [7, 11) is -1.44. The Morgan fingerprint density at radius 1 is 1.35 bits per heavy atom. The van der Waals surface area contributed by atoms with E-state index in [2.05, 4.69) is 21.0 Å². The van der Waals surface area contributed by atoms with Crippen molar-refractivity contribution in [2.45, 2.75) is 32.1 Å². The standard InChI is InChI=1S/C13H23N3O2S2/c1-13(2,3)20(17,18)8-6-15-12(14-4)16-9-11-5-7-19-10-11/h5,7,10H,6,8-9H2,1-4H3,(H2,14,15,16). The second kappa shape index (κ2) is 7.08. The lowest BCUT2D eigenvalue weighted by Gasteiger charge is -2.19. The minimum atomic E-state index is -3.10. The molecule has 0 saturated heterocycles. The summed E-state index contributed by atoms with van der Waals surface area (Å²) in [6.07, 6.45) is 0. The van der Waals surface area contributed by atoms with Gasteiger partial charge in [0.15, 0.2) is 15.8 Å². The molecule has 114 valence electrons. The molecule has 0 aliphatic rings. The van der Waals surface area contributed by atoms with Gasteiger partial charge in [0.1, 0.15) is 0 Å². The van der Waals surface area contributed by atoms with Crippen LogP contribution in [0.3, 0.4) is 0 Å². The molecule has 1 aromatic rings. The largest absolute Gasteiger partial charge is 0.355 e. The van der Waals surface area contributed by atoms with Gasteiger partial charge in [-0.05, 0) is 43.2 Å². The van der Waals surface area contributed by atoms with Crippen LogP contribution >= 0.6 is 11.3 Å². The molecule has 1 heterocycles. The molecule has 7 heteroatoms. The maximum atomic E-state index is 12.0. The van der Waals surface area contributed by atoms with E-state index < -0.39 is 14.6 Å². The van der Waals surface area contributed by atoms with E-state index in [9.17, 15) is 8.42 Å². The molecule has 0 aliphatic carbocycles. The van der Waals surface area contributed by atoms with Crippen LogP contribution in [0.5, 0.6) is 0 Å². The van der Waals surface area contributed by atoms with Crippen LogP contribution in [0.15, 0.2) is 21.8 Å². The molecular weight excluding hydrogens is 294 g/mol. The third-order valence-electron chi connectivity index (χ3n) is 2.86. The third-order valence-corrected chi connectivity index (χ3v) is 6.20. The van der Waals surface area contributed by atoms with Crippen molar-refractivity contribution in [2.75, 3.05) is 19.3 Å². The van der Waals surface area contributed by atoms with Crippen LogP contribution in [0.2, 0.25) is 0 Å². The number of thiophene rings is 1. The first-order chi connectivity index (χ1) is 9.26. The number of nitrogens with zero attached hydrogens (tertiary/aromatic N) is 1. The van der Waals surface area contributed by atoms with E-state index >= 15 is 0 Å². The van der Waals surface area contributed by atoms with Crippen molar-refractivity contribution in [3.63, 3.8) is 0 Å². The van der Waals surface area contributed by atoms with E-state index in [4.69, 9.17) is 0 Å². The summed E-state index contributed by atoms with van der Waals surface area (Å²) in [5.41, 5.74) is 1.18. The molecule has 2 N–H and O–H groups in total. The number of rotatable bonds is 5. The summed E-state index contributed by atoms with van der Waals surface area (Å²) in [6, 6.07) is 2.04. The van der Waals surface area contributed by atoms with E-state index in [1.807, 2.05) is 11.4 Å². The first-order valence-corrected chi connectivity index (χ1v) is 9.03. The van der Waals surface area contributed by atoms with Gasteiger partial charge in [-0.25, -0.2) is 8.42 Å². The van der Waals surface area contributed by atoms with E-state index in [1.165, 1.54) is 5.56 Å². The van der Waals surface area contributed by atoms with Gasteiger partial charge >= 0.3 is 0 Å². The zero-order valence-electron chi connectivity index (χ0n) is 12.4. The third kappa shape index (κ3) is 5.13. The highest BCUT2D eigenvalue weighted by molar-refractivity contribution is 7.92. The average molecular weight is 317 g/mol. The van der Waals surface area contributed by atoms with Gasteiger partial charge in [0, 0.05) is 20.1 Å². The predicted molar refractivity (Wildman–Crippen MR) is 86.1 cm³/mol. The van der Waals surface area contributed by atoms with E-state index in [-0.39, 0.29) is 5.75 Å². The summed E-state index contributed by atoms with van der Waals surface area (Å²) in [6.45, 7) is 6.17. The van der Waals surface area contributed by atoms with Crippen molar-refractivity contribution in [1.29, 1.82) is 0 Å². The SMILES string of the molecule is CN=C(NCCS(=O)(=O)C(C)(C)C)NCc1ccsc1. The first kappa shape index (κ1) is 17.0. The molecule has 0 aromatic carbocycles. The molecular formula is C13H23N3O2S2. The smallest absolute Gasteiger partial charge is 0.191 e. The fraction of sp³-hybridized carbons (Fsp3) is 0.615. The van der Waals surface area contributed by atoms with Gasteiger partial charge in [-0.2, -0.15) is 11.3 Å². The Kier molecular flexibility index (Phi) is 6.01. The fourth-order valence-electron chi connectivity index (χ4n) is 1.41.